The number of carbonyl (C=O) groups excluding carboxylic acids is 1. The fourth-order valence-electron chi connectivity index (χ4n) is 2.58. The van der Waals surface area contributed by atoms with Crippen LogP contribution in [-0.2, 0) is 17.7 Å². The molecule has 1 aliphatic rings. The molecule has 1 amide bonds. The first-order chi connectivity index (χ1) is 10.6. The molecule has 0 bridgehead atoms. The highest BCUT2D eigenvalue weighted by Gasteiger charge is 2.28. The number of pyridine rings is 1. The molecule has 0 aliphatic carbocycles. The summed E-state index contributed by atoms with van der Waals surface area (Å²) in [6, 6.07) is 1.65. The molecule has 0 saturated heterocycles. The Hall–Kier alpha value is -2.11. The molecule has 0 fully saturated rings. The molecule has 0 saturated carbocycles. The van der Waals surface area contributed by atoms with Gasteiger partial charge in [-0.25, -0.2) is 9.59 Å². The van der Waals surface area contributed by atoms with E-state index in [9.17, 15) is 14.7 Å². The molecule has 0 aromatic carbocycles. The van der Waals surface area contributed by atoms with Crippen molar-refractivity contribution >= 4 is 12.1 Å². The van der Waals surface area contributed by atoms with Crippen molar-refractivity contribution in [3.05, 3.63) is 28.6 Å². The molecule has 6 nitrogen and oxygen atoms in total. The Kier molecular flexibility index (Phi) is 4.63. The fraction of sp³-hybridized carbons (Fsp3) is 0.588. The highest BCUT2D eigenvalue weighted by Crippen LogP contribution is 2.25. The van der Waals surface area contributed by atoms with Gasteiger partial charge >= 0.3 is 12.1 Å². The average molecular weight is 320 g/mol. The van der Waals surface area contributed by atoms with Crippen molar-refractivity contribution in [2.75, 3.05) is 6.54 Å². The van der Waals surface area contributed by atoms with E-state index in [0.717, 1.165) is 11.3 Å². The number of carboxylic acid groups (broad SMARTS) is 1. The summed E-state index contributed by atoms with van der Waals surface area (Å²) in [7, 11) is 0. The lowest BCUT2D eigenvalue weighted by Crippen LogP contribution is -2.40. The number of aromatic nitrogens is 1. The van der Waals surface area contributed by atoms with Crippen LogP contribution in [0.2, 0.25) is 0 Å². The number of hydrogen-bond donors (Lipinski definition) is 1. The van der Waals surface area contributed by atoms with Crippen molar-refractivity contribution in [3.8, 4) is 0 Å². The Morgan fingerprint density at radius 2 is 2.00 bits per heavy atom. The van der Waals surface area contributed by atoms with Crippen LogP contribution >= 0.6 is 0 Å². The summed E-state index contributed by atoms with van der Waals surface area (Å²) in [5.41, 5.74) is 1.91. The van der Waals surface area contributed by atoms with Gasteiger partial charge in [-0.3, -0.25) is 4.98 Å². The zero-order valence-electron chi connectivity index (χ0n) is 14.3. The number of rotatable bonds is 2. The van der Waals surface area contributed by atoms with Crippen LogP contribution < -0.4 is 0 Å². The van der Waals surface area contributed by atoms with Gasteiger partial charge in [-0.2, -0.15) is 0 Å². The standard InChI is InChI=1S/C17H24N2O4/c1-10(2)14-12(15(20)21)8-11-9-19(7-6-13(11)18-14)16(22)23-17(3,4)5/h8,10H,6-7,9H2,1-5H3,(H,20,21). The Bertz CT molecular complexity index is 632. The van der Waals surface area contributed by atoms with E-state index in [1.165, 1.54) is 0 Å². The molecule has 0 atom stereocenters. The zero-order valence-corrected chi connectivity index (χ0v) is 14.3. The van der Waals surface area contributed by atoms with E-state index in [1.54, 1.807) is 11.0 Å². The number of hydrogen-bond acceptors (Lipinski definition) is 4. The first-order valence-electron chi connectivity index (χ1n) is 7.82. The van der Waals surface area contributed by atoms with Crippen LogP contribution in [0.25, 0.3) is 0 Å². The van der Waals surface area contributed by atoms with Crippen LogP contribution in [0, 0.1) is 0 Å². The van der Waals surface area contributed by atoms with Crippen LogP contribution in [-0.4, -0.2) is 39.2 Å². The molecule has 2 rings (SSSR count). The van der Waals surface area contributed by atoms with Gasteiger partial charge in [0, 0.05) is 18.7 Å². The van der Waals surface area contributed by atoms with Gasteiger partial charge in [-0.1, -0.05) is 13.8 Å². The molecule has 1 aromatic heterocycles. The number of amides is 1. The lowest BCUT2D eigenvalue weighted by atomic mass is 9.97. The molecule has 0 spiro atoms. The highest BCUT2D eigenvalue weighted by atomic mass is 16.6. The summed E-state index contributed by atoms with van der Waals surface area (Å²) in [5, 5.41) is 9.40. The molecule has 1 N–H and O–H groups in total. The summed E-state index contributed by atoms with van der Waals surface area (Å²) in [5.74, 6) is -0.950. The largest absolute Gasteiger partial charge is 0.478 e. The summed E-state index contributed by atoms with van der Waals surface area (Å²) >= 11 is 0. The van der Waals surface area contributed by atoms with Crippen molar-refractivity contribution in [2.45, 2.75) is 59.1 Å². The summed E-state index contributed by atoms with van der Waals surface area (Å²) in [6.45, 7) is 10.2. The smallest absolute Gasteiger partial charge is 0.410 e. The minimum Gasteiger partial charge on any atom is -0.478 e. The normalized spacial score (nSPS) is 14.6. The highest BCUT2D eigenvalue weighted by molar-refractivity contribution is 5.89. The molecule has 1 aliphatic heterocycles. The van der Waals surface area contributed by atoms with Gasteiger partial charge in [0.25, 0.3) is 0 Å². The third-order valence-electron chi connectivity index (χ3n) is 3.63. The molecule has 1 aromatic rings. The maximum atomic E-state index is 12.2. The van der Waals surface area contributed by atoms with Gasteiger partial charge in [0.15, 0.2) is 0 Å². The Morgan fingerprint density at radius 1 is 1.35 bits per heavy atom. The van der Waals surface area contributed by atoms with Gasteiger partial charge < -0.3 is 14.7 Å². The minimum absolute atomic E-state index is 0.0373. The molecule has 2 heterocycles. The Morgan fingerprint density at radius 3 is 2.52 bits per heavy atom. The Balaban J connectivity index is 2.29. The van der Waals surface area contributed by atoms with Crippen molar-refractivity contribution < 1.29 is 19.4 Å². The molecule has 0 radical (unpaired) electrons. The van der Waals surface area contributed by atoms with Gasteiger partial charge in [-0.15, -0.1) is 0 Å². The number of nitrogens with zero attached hydrogens (tertiary/aromatic N) is 2. The van der Waals surface area contributed by atoms with Gasteiger partial charge in [0.1, 0.15) is 5.60 Å². The number of carbonyl (C=O) groups is 2. The second-order valence-corrected chi connectivity index (χ2v) is 7.14. The van der Waals surface area contributed by atoms with Gasteiger partial charge in [0.2, 0.25) is 0 Å². The van der Waals surface area contributed by atoms with E-state index in [0.29, 0.717) is 25.2 Å². The number of aromatic carboxylic acids is 1. The SMILES string of the molecule is CC(C)c1nc2c(cc1C(=O)O)CN(C(=O)OC(C)(C)C)CC2. The Labute approximate surface area is 136 Å². The molecule has 0 unspecified atom stereocenters. The van der Waals surface area contributed by atoms with E-state index in [2.05, 4.69) is 4.98 Å². The summed E-state index contributed by atoms with van der Waals surface area (Å²) in [6.07, 6.45) is 0.224. The van der Waals surface area contributed by atoms with E-state index in [-0.39, 0.29) is 17.6 Å². The molecule has 126 valence electrons. The fourth-order valence-corrected chi connectivity index (χ4v) is 2.58. The predicted octanol–water partition coefficient (Wildman–Crippen LogP) is 3.20. The summed E-state index contributed by atoms with van der Waals surface area (Å²) < 4.78 is 5.38. The molecular formula is C17H24N2O4. The average Bonchev–Trinajstić information content (AvgIpc) is 2.43. The topological polar surface area (TPSA) is 79.7 Å². The van der Waals surface area contributed by atoms with Crippen molar-refractivity contribution in [1.82, 2.24) is 9.88 Å². The molecule has 6 heteroatoms. The van der Waals surface area contributed by atoms with Crippen molar-refractivity contribution in [2.24, 2.45) is 0 Å². The monoisotopic (exact) mass is 320 g/mol. The van der Waals surface area contributed by atoms with Crippen LogP contribution in [0.5, 0.6) is 0 Å². The minimum atomic E-state index is -0.988. The second kappa shape index (κ2) is 6.18. The van der Waals surface area contributed by atoms with Crippen LogP contribution in [0.15, 0.2) is 6.07 Å². The van der Waals surface area contributed by atoms with Crippen LogP contribution in [0.3, 0.4) is 0 Å². The quantitative estimate of drug-likeness (QED) is 0.905. The summed E-state index contributed by atoms with van der Waals surface area (Å²) in [4.78, 5) is 29.8. The third kappa shape index (κ3) is 4.00. The van der Waals surface area contributed by atoms with Crippen LogP contribution in [0.4, 0.5) is 4.79 Å². The predicted molar refractivity (Wildman–Crippen MR) is 85.6 cm³/mol. The van der Waals surface area contributed by atoms with Crippen molar-refractivity contribution in [1.29, 1.82) is 0 Å². The zero-order chi connectivity index (χ0) is 17.4. The maximum absolute atomic E-state index is 12.2. The molecule has 23 heavy (non-hydrogen) atoms. The second-order valence-electron chi connectivity index (χ2n) is 7.14. The van der Waals surface area contributed by atoms with Crippen LogP contribution in [0.1, 0.15) is 67.8 Å². The van der Waals surface area contributed by atoms with E-state index < -0.39 is 11.6 Å². The van der Waals surface area contributed by atoms with E-state index in [4.69, 9.17) is 4.74 Å². The van der Waals surface area contributed by atoms with E-state index >= 15 is 0 Å². The number of ether oxygens (including phenoxy) is 1. The lowest BCUT2D eigenvalue weighted by Gasteiger charge is -2.31. The third-order valence-corrected chi connectivity index (χ3v) is 3.63. The van der Waals surface area contributed by atoms with Gasteiger partial charge in [0.05, 0.1) is 17.8 Å². The maximum Gasteiger partial charge on any atom is 0.410 e. The van der Waals surface area contributed by atoms with Gasteiger partial charge in [-0.05, 0) is 38.3 Å². The molecular weight excluding hydrogens is 296 g/mol. The van der Waals surface area contributed by atoms with Crippen molar-refractivity contribution in [3.63, 3.8) is 0 Å². The first-order valence-corrected chi connectivity index (χ1v) is 7.82. The lowest BCUT2D eigenvalue weighted by molar-refractivity contribution is 0.0222. The number of fused-ring (bicyclic) bond motifs is 1. The van der Waals surface area contributed by atoms with E-state index in [1.807, 2.05) is 34.6 Å². The number of carboxylic acids is 1. The first kappa shape index (κ1) is 17.2.